The second-order valence-corrected chi connectivity index (χ2v) is 7.80. The van der Waals surface area contributed by atoms with Crippen molar-refractivity contribution < 1.29 is 4.74 Å². The molecule has 2 heteroatoms. The van der Waals surface area contributed by atoms with Crippen LogP contribution in [0.1, 0.15) is 85.5 Å². The van der Waals surface area contributed by atoms with E-state index in [9.17, 15) is 0 Å². The molecule has 2 nitrogen and oxygen atoms in total. The molecular formula is C19H37NO. The Morgan fingerprint density at radius 1 is 1.00 bits per heavy atom. The van der Waals surface area contributed by atoms with Gasteiger partial charge in [0.1, 0.15) is 0 Å². The van der Waals surface area contributed by atoms with Crippen molar-refractivity contribution in [2.75, 3.05) is 6.54 Å². The van der Waals surface area contributed by atoms with Gasteiger partial charge in [0.15, 0.2) is 0 Å². The lowest BCUT2D eigenvalue weighted by molar-refractivity contribution is -0.0908. The maximum atomic E-state index is 6.27. The number of hydrogen-bond acceptors (Lipinski definition) is 2. The average molecular weight is 296 g/mol. The van der Waals surface area contributed by atoms with Gasteiger partial charge >= 0.3 is 0 Å². The molecule has 2 aliphatic carbocycles. The van der Waals surface area contributed by atoms with Crippen molar-refractivity contribution in [1.82, 2.24) is 4.90 Å². The molecule has 0 bridgehead atoms. The molecule has 0 heterocycles. The van der Waals surface area contributed by atoms with Crippen molar-refractivity contribution in [2.45, 2.75) is 110 Å². The van der Waals surface area contributed by atoms with E-state index in [2.05, 4.69) is 32.6 Å². The Morgan fingerprint density at radius 2 is 1.67 bits per heavy atom. The monoisotopic (exact) mass is 295 g/mol. The molecule has 0 spiro atoms. The molecule has 21 heavy (non-hydrogen) atoms. The lowest BCUT2D eigenvalue weighted by Crippen LogP contribution is -2.44. The largest absolute Gasteiger partial charge is 0.375 e. The van der Waals surface area contributed by atoms with E-state index < -0.39 is 0 Å². The highest BCUT2D eigenvalue weighted by Gasteiger charge is 2.32. The van der Waals surface area contributed by atoms with Gasteiger partial charge in [0, 0.05) is 12.1 Å². The van der Waals surface area contributed by atoms with Gasteiger partial charge in [-0.25, -0.2) is 0 Å². The Morgan fingerprint density at radius 3 is 2.19 bits per heavy atom. The molecule has 2 fully saturated rings. The first-order chi connectivity index (χ1) is 10.1. The van der Waals surface area contributed by atoms with Gasteiger partial charge in [-0.1, -0.05) is 26.7 Å². The molecule has 2 saturated carbocycles. The first-order valence-electron chi connectivity index (χ1n) is 9.51. The van der Waals surface area contributed by atoms with Gasteiger partial charge in [-0.15, -0.1) is 0 Å². The number of rotatable bonds is 8. The Kier molecular flexibility index (Phi) is 7.01. The summed E-state index contributed by atoms with van der Waals surface area (Å²) >= 11 is 0. The molecule has 0 atom stereocenters. The van der Waals surface area contributed by atoms with Crippen LogP contribution in [-0.4, -0.2) is 35.7 Å². The summed E-state index contributed by atoms with van der Waals surface area (Å²) in [5.41, 5.74) is 0. The van der Waals surface area contributed by atoms with Crippen molar-refractivity contribution in [3.8, 4) is 0 Å². The zero-order valence-electron chi connectivity index (χ0n) is 14.8. The molecule has 2 rings (SSSR count). The lowest BCUT2D eigenvalue weighted by atomic mass is 9.83. The van der Waals surface area contributed by atoms with Gasteiger partial charge in [0.25, 0.3) is 0 Å². The quantitative estimate of drug-likeness (QED) is 0.583. The van der Waals surface area contributed by atoms with Crippen LogP contribution < -0.4 is 0 Å². The first-order valence-corrected chi connectivity index (χ1v) is 9.51. The summed E-state index contributed by atoms with van der Waals surface area (Å²) in [7, 11) is 0. The lowest BCUT2D eigenvalue weighted by Gasteiger charge is -2.42. The highest BCUT2D eigenvalue weighted by Crippen LogP contribution is 2.34. The highest BCUT2D eigenvalue weighted by atomic mass is 16.5. The van der Waals surface area contributed by atoms with E-state index in [-0.39, 0.29) is 0 Å². The van der Waals surface area contributed by atoms with Crippen molar-refractivity contribution in [3.05, 3.63) is 0 Å². The summed E-state index contributed by atoms with van der Waals surface area (Å²) in [4.78, 5) is 2.76. The normalized spacial score (nSPS) is 33.4. The Hall–Kier alpha value is -0.0800. The van der Waals surface area contributed by atoms with Crippen LogP contribution in [0.15, 0.2) is 0 Å². The van der Waals surface area contributed by atoms with E-state index in [1.54, 1.807) is 0 Å². The van der Waals surface area contributed by atoms with Crippen LogP contribution in [0.4, 0.5) is 0 Å². The fourth-order valence-corrected chi connectivity index (χ4v) is 4.13. The molecule has 0 aromatic heterocycles. The topological polar surface area (TPSA) is 12.5 Å². The molecular weight excluding hydrogens is 258 g/mol. The van der Waals surface area contributed by atoms with Gasteiger partial charge in [-0.3, -0.25) is 4.90 Å². The summed E-state index contributed by atoms with van der Waals surface area (Å²) < 4.78 is 6.27. The number of nitrogens with zero attached hydrogens (tertiary/aromatic N) is 1. The van der Waals surface area contributed by atoms with Crippen LogP contribution in [0, 0.1) is 5.92 Å². The fourth-order valence-electron chi connectivity index (χ4n) is 4.13. The zero-order chi connectivity index (χ0) is 15.2. The van der Waals surface area contributed by atoms with Gasteiger partial charge in [0.2, 0.25) is 0 Å². The predicted octanol–water partition coefficient (Wildman–Crippen LogP) is 5.01. The smallest absolute Gasteiger partial charge is 0.0584 e. The zero-order valence-corrected chi connectivity index (χ0v) is 14.8. The summed E-state index contributed by atoms with van der Waals surface area (Å²) in [6, 6.07) is 1.50. The van der Waals surface area contributed by atoms with Crippen molar-refractivity contribution in [2.24, 2.45) is 5.92 Å². The van der Waals surface area contributed by atoms with Crippen LogP contribution in [-0.2, 0) is 4.74 Å². The average Bonchev–Trinajstić information content (AvgIpc) is 2.43. The molecule has 0 saturated heterocycles. The van der Waals surface area contributed by atoms with Crippen molar-refractivity contribution in [3.63, 3.8) is 0 Å². The third kappa shape index (κ3) is 5.25. The molecule has 0 aliphatic heterocycles. The molecule has 0 amide bonds. The van der Waals surface area contributed by atoms with Gasteiger partial charge in [0.05, 0.1) is 12.2 Å². The molecule has 0 radical (unpaired) electrons. The van der Waals surface area contributed by atoms with Gasteiger partial charge < -0.3 is 4.74 Å². The van der Waals surface area contributed by atoms with Crippen molar-refractivity contribution >= 4 is 0 Å². The number of unbranched alkanes of at least 4 members (excludes halogenated alkanes) is 2. The van der Waals surface area contributed by atoms with Gasteiger partial charge in [-0.05, 0) is 71.3 Å². The second kappa shape index (κ2) is 8.53. The molecule has 2 aliphatic rings. The SMILES string of the molecule is CCCCCN(C(C)C)C1CCC(OC2CC(C)C2)CC1. The Bertz CT molecular complexity index is 277. The Balaban J connectivity index is 1.70. The molecule has 0 aromatic rings. The van der Waals surface area contributed by atoms with Crippen LogP contribution in [0.5, 0.6) is 0 Å². The summed E-state index contributed by atoms with van der Waals surface area (Å²) in [6.07, 6.45) is 13.1. The maximum absolute atomic E-state index is 6.27. The molecule has 0 unspecified atom stereocenters. The minimum Gasteiger partial charge on any atom is -0.375 e. The van der Waals surface area contributed by atoms with Crippen molar-refractivity contribution in [1.29, 1.82) is 0 Å². The Labute approximate surface area is 132 Å². The number of hydrogen-bond donors (Lipinski definition) is 0. The molecule has 124 valence electrons. The van der Waals surface area contributed by atoms with E-state index in [0.717, 1.165) is 12.0 Å². The maximum Gasteiger partial charge on any atom is 0.0584 e. The number of ether oxygens (including phenoxy) is 1. The minimum absolute atomic E-state index is 0.559. The second-order valence-electron chi connectivity index (χ2n) is 7.80. The summed E-state index contributed by atoms with van der Waals surface area (Å²) in [5.74, 6) is 0.904. The van der Waals surface area contributed by atoms with E-state index >= 15 is 0 Å². The molecule has 0 aromatic carbocycles. The third-order valence-corrected chi connectivity index (χ3v) is 5.51. The van der Waals surface area contributed by atoms with Crippen LogP contribution in [0.2, 0.25) is 0 Å². The van der Waals surface area contributed by atoms with Crippen LogP contribution in [0.3, 0.4) is 0 Å². The highest BCUT2D eigenvalue weighted by molar-refractivity contribution is 4.84. The van der Waals surface area contributed by atoms with Crippen LogP contribution >= 0.6 is 0 Å². The summed E-state index contributed by atoms with van der Waals surface area (Å²) in [5, 5.41) is 0. The standard InChI is InChI=1S/C19H37NO/c1-5-6-7-12-20(15(2)3)17-8-10-18(11-9-17)21-19-13-16(4)14-19/h15-19H,5-14H2,1-4H3. The van der Waals surface area contributed by atoms with Crippen LogP contribution in [0.25, 0.3) is 0 Å². The minimum atomic E-state index is 0.559. The van der Waals surface area contributed by atoms with E-state index in [0.29, 0.717) is 18.2 Å². The van der Waals surface area contributed by atoms with E-state index in [1.807, 2.05) is 0 Å². The summed E-state index contributed by atoms with van der Waals surface area (Å²) in [6.45, 7) is 10.7. The third-order valence-electron chi connectivity index (χ3n) is 5.51. The predicted molar refractivity (Wildman–Crippen MR) is 90.7 cm³/mol. The fraction of sp³-hybridized carbons (Fsp3) is 1.00. The van der Waals surface area contributed by atoms with E-state index in [4.69, 9.17) is 4.74 Å². The van der Waals surface area contributed by atoms with Gasteiger partial charge in [-0.2, -0.15) is 0 Å². The van der Waals surface area contributed by atoms with E-state index in [1.165, 1.54) is 64.3 Å². The molecule has 0 N–H and O–H groups in total. The first kappa shape index (κ1) is 17.3.